The highest BCUT2D eigenvalue weighted by Crippen LogP contribution is 2.54. The van der Waals surface area contributed by atoms with Gasteiger partial charge < -0.3 is 4.74 Å². The van der Waals surface area contributed by atoms with E-state index >= 15 is 0 Å². The Bertz CT molecular complexity index is 1690. The van der Waals surface area contributed by atoms with Gasteiger partial charge in [0.1, 0.15) is 27.6 Å². The van der Waals surface area contributed by atoms with Crippen molar-refractivity contribution >= 4 is 67.6 Å². The summed E-state index contributed by atoms with van der Waals surface area (Å²) in [6.07, 6.45) is -0.322. The maximum absolute atomic E-state index is 13.5. The molecule has 0 aliphatic carbocycles. The molecule has 3 aromatic rings. The number of rotatable bonds is 7. The van der Waals surface area contributed by atoms with Crippen LogP contribution in [0.2, 0.25) is 15.1 Å². The van der Waals surface area contributed by atoms with Crippen LogP contribution in [0.15, 0.2) is 70.6 Å². The predicted molar refractivity (Wildman–Crippen MR) is 175 cm³/mol. The molecule has 0 bridgehead atoms. The summed E-state index contributed by atoms with van der Waals surface area (Å²) in [5.74, 6) is 0.338. The minimum atomic E-state index is -4.11. The van der Waals surface area contributed by atoms with Crippen LogP contribution in [0.4, 0.5) is 4.79 Å². The monoisotopic (exact) mass is 683 g/mol. The number of hydrogen-bond acceptors (Lipinski definition) is 5. The Morgan fingerprint density at radius 2 is 1.44 bits per heavy atom. The van der Waals surface area contributed by atoms with E-state index in [9.17, 15) is 13.2 Å². The van der Waals surface area contributed by atoms with E-state index in [4.69, 9.17) is 56.1 Å². The highest BCUT2D eigenvalue weighted by molar-refractivity contribution is 7.89. The van der Waals surface area contributed by atoms with E-state index in [0.717, 1.165) is 5.56 Å². The second-order valence-electron chi connectivity index (χ2n) is 12.0. The van der Waals surface area contributed by atoms with Gasteiger partial charge in [-0.05, 0) is 102 Å². The third kappa shape index (κ3) is 6.42. The minimum absolute atomic E-state index is 0.0561. The first-order chi connectivity index (χ1) is 19.8. The van der Waals surface area contributed by atoms with Crippen molar-refractivity contribution < 1.29 is 17.9 Å². The largest absolute Gasteiger partial charge is 0.490 e. The molecule has 230 valence electrons. The number of ether oxygens (including phenoxy) is 1. The van der Waals surface area contributed by atoms with Crippen molar-refractivity contribution in [3.05, 3.63) is 92.4 Å². The van der Waals surface area contributed by atoms with Crippen LogP contribution in [-0.4, -0.2) is 36.2 Å². The van der Waals surface area contributed by atoms with Gasteiger partial charge in [-0.1, -0.05) is 59.1 Å². The van der Waals surface area contributed by atoms with E-state index < -0.39 is 32.0 Å². The van der Waals surface area contributed by atoms with E-state index in [1.54, 1.807) is 57.2 Å². The number of halogens is 4. The number of amides is 1. The normalized spacial score (nSPS) is 20.8. The van der Waals surface area contributed by atoms with Crippen molar-refractivity contribution in [2.45, 2.75) is 76.1 Å². The molecule has 0 saturated heterocycles. The lowest BCUT2D eigenvalue weighted by molar-refractivity contribution is 0.149. The highest BCUT2D eigenvalue weighted by atomic mass is 35.5. The maximum Gasteiger partial charge on any atom is 0.322 e. The first kappa shape index (κ1) is 33.6. The molecular weight excluding hydrogens is 652 g/mol. The number of amidine groups is 1. The van der Waals surface area contributed by atoms with Crippen LogP contribution in [0.3, 0.4) is 0 Å². The smallest absolute Gasteiger partial charge is 0.322 e. The summed E-state index contributed by atoms with van der Waals surface area (Å²) in [4.78, 5) is 19.8. The molecule has 1 amide bonds. The van der Waals surface area contributed by atoms with Gasteiger partial charge in [-0.3, -0.25) is 14.7 Å². The molecule has 1 N–H and O–H groups in total. The number of benzene rings is 3. The molecule has 12 heteroatoms. The second kappa shape index (κ2) is 11.9. The molecule has 1 aliphatic heterocycles. The molecule has 0 fully saturated rings. The van der Waals surface area contributed by atoms with E-state index in [2.05, 4.69) is 4.72 Å². The first-order valence-electron chi connectivity index (χ1n) is 13.5. The number of hydrogen-bond donors (Lipinski definition) is 1. The molecule has 43 heavy (non-hydrogen) atoms. The SMILES string of the molecule is CC(C)Oc1cc(Cl)c(S(=O)(=O)NC(C)(C)C)cc1C1=NC(C)(c2ccc(Cl)cc2)C(C)(c2ccc(Cl)cc2)N1C(=O)Cl. The fourth-order valence-electron chi connectivity index (χ4n) is 5.27. The Morgan fingerprint density at radius 3 is 1.91 bits per heavy atom. The molecule has 3 aromatic carbocycles. The predicted octanol–water partition coefficient (Wildman–Crippen LogP) is 8.76. The maximum atomic E-state index is 13.5. The lowest BCUT2D eigenvalue weighted by atomic mass is 9.71. The standard InChI is InChI=1S/C31H33Cl4N3O4S/c1-18(2)42-25-17-24(34)26(43(40,41)37-29(3,4)5)16-23(25)27-36-30(6,19-8-12-21(32)13-9-19)31(7,38(27)28(35)39)20-10-14-22(33)15-11-20/h8-18,37H,1-7H3. The van der Waals surface area contributed by atoms with E-state index in [1.807, 2.05) is 39.8 Å². The van der Waals surface area contributed by atoms with E-state index in [0.29, 0.717) is 15.6 Å². The Balaban J connectivity index is 2.10. The van der Waals surface area contributed by atoms with Crippen molar-refractivity contribution in [1.29, 1.82) is 0 Å². The van der Waals surface area contributed by atoms with Gasteiger partial charge in [0.25, 0.3) is 0 Å². The number of carbonyl (C=O) groups is 1. The van der Waals surface area contributed by atoms with E-state index in [1.165, 1.54) is 17.0 Å². The molecule has 1 aliphatic rings. The molecule has 0 spiro atoms. The lowest BCUT2D eigenvalue weighted by Crippen LogP contribution is -2.53. The van der Waals surface area contributed by atoms with Crippen molar-refractivity contribution in [2.24, 2.45) is 4.99 Å². The van der Waals surface area contributed by atoms with Crippen LogP contribution in [-0.2, 0) is 21.1 Å². The summed E-state index contributed by atoms with van der Waals surface area (Å²) in [5, 5.41) is 0.144. The van der Waals surface area contributed by atoms with Gasteiger partial charge in [0.2, 0.25) is 10.0 Å². The third-order valence-electron chi connectivity index (χ3n) is 7.29. The van der Waals surface area contributed by atoms with Crippen LogP contribution < -0.4 is 9.46 Å². The Labute approximate surface area is 273 Å². The zero-order valence-corrected chi connectivity index (χ0v) is 28.6. The summed E-state index contributed by atoms with van der Waals surface area (Å²) in [6, 6.07) is 17.0. The molecule has 0 saturated carbocycles. The molecule has 0 radical (unpaired) electrons. The van der Waals surface area contributed by atoms with Gasteiger partial charge in [0, 0.05) is 21.7 Å². The van der Waals surface area contributed by atoms with Crippen LogP contribution in [0.1, 0.15) is 65.2 Å². The van der Waals surface area contributed by atoms with Crippen molar-refractivity contribution in [3.63, 3.8) is 0 Å². The molecule has 0 aromatic heterocycles. The zero-order valence-electron chi connectivity index (χ0n) is 24.8. The molecular formula is C31H33Cl4N3O4S. The van der Waals surface area contributed by atoms with Crippen LogP contribution in [0.25, 0.3) is 0 Å². The van der Waals surface area contributed by atoms with Gasteiger partial charge in [-0.15, -0.1) is 0 Å². The van der Waals surface area contributed by atoms with Gasteiger partial charge in [-0.2, -0.15) is 0 Å². The average Bonchev–Trinajstić information content (AvgIpc) is 3.11. The molecule has 2 atom stereocenters. The fraction of sp³-hybridized carbons (Fsp3) is 0.355. The number of sulfonamides is 1. The number of nitrogens with one attached hydrogen (secondary N) is 1. The van der Waals surface area contributed by atoms with Crippen molar-refractivity contribution in [3.8, 4) is 5.75 Å². The number of nitrogens with zero attached hydrogens (tertiary/aromatic N) is 2. The number of carbonyl (C=O) groups excluding carboxylic acids is 1. The van der Waals surface area contributed by atoms with Crippen LogP contribution in [0, 0.1) is 0 Å². The fourth-order valence-corrected chi connectivity index (χ4v) is 7.73. The summed E-state index contributed by atoms with van der Waals surface area (Å²) >= 11 is 25.4. The third-order valence-corrected chi connectivity index (χ3v) is 10.2. The van der Waals surface area contributed by atoms with Crippen molar-refractivity contribution in [1.82, 2.24) is 9.62 Å². The summed E-state index contributed by atoms with van der Waals surface area (Å²) in [5.41, 5.74) is -1.53. The van der Waals surface area contributed by atoms with Gasteiger partial charge in [0.15, 0.2) is 0 Å². The second-order valence-corrected chi connectivity index (χ2v) is 15.2. The van der Waals surface area contributed by atoms with Crippen LogP contribution >= 0.6 is 46.4 Å². The summed E-state index contributed by atoms with van der Waals surface area (Å²) < 4.78 is 35.8. The quantitative estimate of drug-likeness (QED) is 0.199. The summed E-state index contributed by atoms with van der Waals surface area (Å²) in [6.45, 7) is 12.5. The van der Waals surface area contributed by atoms with Gasteiger partial charge >= 0.3 is 5.37 Å². The Kier molecular flexibility index (Phi) is 9.27. The lowest BCUT2D eigenvalue weighted by Gasteiger charge is -2.44. The molecule has 2 unspecified atom stereocenters. The number of aliphatic imine (C=N–C) groups is 1. The van der Waals surface area contributed by atoms with E-state index in [-0.39, 0.29) is 33.2 Å². The topological polar surface area (TPSA) is 88.1 Å². The summed E-state index contributed by atoms with van der Waals surface area (Å²) in [7, 11) is -4.11. The molecule has 4 rings (SSSR count). The van der Waals surface area contributed by atoms with Gasteiger partial charge in [-0.25, -0.2) is 13.1 Å². The first-order valence-corrected chi connectivity index (χ1v) is 16.5. The Morgan fingerprint density at radius 1 is 0.930 bits per heavy atom. The highest BCUT2D eigenvalue weighted by Gasteiger charge is 2.59. The molecule has 1 heterocycles. The Hall–Kier alpha value is -2.33. The van der Waals surface area contributed by atoms with Gasteiger partial charge in [0.05, 0.1) is 16.7 Å². The van der Waals surface area contributed by atoms with Crippen LogP contribution in [0.5, 0.6) is 5.75 Å². The zero-order chi connectivity index (χ0) is 32.1. The minimum Gasteiger partial charge on any atom is -0.490 e. The average molecular weight is 686 g/mol. The molecule has 7 nitrogen and oxygen atoms in total. The van der Waals surface area contributed by atoms with Crippen molar-refractivity contribution in [2.75, 3.05) is 0 Å².